The SMILES string of the molecule is CCc1ccc(OCC(=O)NCCNC)cc1. The third kappa shape index (κ3) is 5.36. The Hall–Kier alpha value is -1.55. The zero-order chi connectivity index (χ0) is 12.5. The molecule has 0 aliphatic rings. The minimum atomic E-state index is -0.0974. The fourth-order valence-electron chi connectivity index (χ4n) is 1.35. The molecule has 94 valence electrons. The molecule has 4 heteroatoms. The predicted molar refractivity (Wildman–Crippen MR) is 68.3 cm³/mol. The number of amides is 1. The lowest BCUT2D eigenvalue weighted by molar-refractivity contribution is -0.123. The number of ether oxygens (including phenoxy) is 1. The Morgan fingerprint density at radius 1 is 1.24 bits per heavy atom. The summed E-state index contributed by atoms with van der Waals surface area (Å²) in [6, 6.07) is 7.79. The summed E-state index contributed by atoms with van der Waals surface area (Å²) in [6.07, 6.45) is 1.00. The molecule has 0 aliphatic heterocycles. The van der Waals surface area contributed by atoms with Crippen molar-refractivity contribution >= 4 is 5.91 Å². The molecule has 17 heavy (non-hydrogen) atoms. The molecule has 4 nitrogen and oxygen atoms in total. The highest BCUT2D eigenvalue weighted by molar-refractivity contribution is 5.77. The monoisotopic (exact) mass is 236 g/mol. The van der Waals surface area contributed by atoms with Crippen molar-refractivity contribution in [3.05, 3.63) is 29.8 Å². The molecule has 0 bridgehead atoms. The van der Waals surface area contributed by atoms with Crippen LogP contribution in [0.5, 0.6) is 5.75 Å². The minimum absolute atomic E-state index is 0.0647. The van der Waals surface area contributed by atoms with E-state index in [0.717, 1.165) is 18.7 Å². The van der Waals surface area contributed by atoms with Gasteiger partial charge in [0, 0.05) is 13.1 Å². The van der Waals surface area contributed by atoms with Gasteiger partial charge in [-0.15, -0.1) is 0 Å². The number of aryl methyl sites for hydroxylation is 1. The molecule has 0 aromatic heterocycles. The lowest BCUT2D eigenvalue weighted by Gasteiger charge is -2.07. The van der Waals surface area contributed by atoms with Crippen molar-refractivity contribution in [3.8, 4) is 5.75 Å². The number of benzene rings is 1. The summed E-state index contributed by atoms with van der Waals surface area (Å²) in [5.74, 6) is 0.630. The van der Waals surface area contributed by atoms with Crippen LogP contribution in [0.3, 0.4) is 0 Å². The van der Waals surface area contributed by atoms with Crippen LogP contribution in [-0.4, -0.2) is 32.7 Å². The first-order valence-electron chi connectivity index (χ1n) is 5.89. The van der Waals surface area contributed by atoms with Crippen molar-refractivity contribution in [3.63, 3.8) is 0 Å². The first-order chi connectivity index (χ1) is 8.26. The summed E-state index contributed by atoms with van der Waals surface area (Å²) in [4.78, 5) is 11.4. The van der Waals surface area contributed by atoms with E-state index in [1.54, 1.807) is 0 Å². The van der Waals surface area contributed by atoms with Gasteiger partial charge in [-0.2, -0.15) is 0 Å². The maximum Gasteiger partial charge on any atom is 0.257 e. The van der Waals surface area contributed by atoms with Crippen molar-refractivity contribution in [2.24, 2.45) is 0 Å². The van der Waals surface area contributed by atoms with Crippen LogP contribution in [0.25, 0.3) is 0 Å². The van der Waals surface area contributed by atoms with E-state index in [-0.39, 0.29) is 12.5 Å². The van der Waals surface area contributed by atoms with Gasteiger partial charge in [0.25, 0.3) is 5.91 Å². The topological polar surface area (TPSA) is 50.4 Å². The Bertz CT molecular complexity index is 336. The molecule has 0 aliphatic carbocycles. The Morgan fingerprint density at radius 3 is 2.53 bits per heavy atom. The highest BCUT2D eigenvalue weighted by atomic mass is 16.5. The normalized spacial score (nSPS) is 10.0. The fraction of sp³-hybridized carbons (Fsp3) is 0.462. The van der Waals surface area contributed by atoms with Gasteiger partial charge in [-0.3, -0.25) is 4.79 Å². The van der Waals surface area contributed by atoms with Gasteiger partial charge in [0.15, 0.2) is 6.61 Å². The minimum Gasteiger partial charge on any atom is -0.484 e. The van der Waals surface area contributed by atoms with Crippen LogP contribution in [-0.2, 0) is 11.2 Å². The van der Waals surface area contributed by atoms with Gasteiger partial charge >= 0.3 is 0 Å². The summed E-state index contributed by atoms with van der Waals surface area (Å²) in [5.41, 5.74) is 1.26. The molecule has 0 heterocycles. The van der Waals surface area contributed by atoms with Gasteiger partial charge in [0.05, 0.1) is 0 Å². The number of carbonyl (C=O) groups is 1. The van der Waals surface area contributed by atoms with E-state index >= 15 is 0 Å². The maximum absolute atomic E-state index is 11.4. The van der Waals surface area contributed by atoms with E-state index in [9.17, 15) is 4.79 Å². The lowest BCUT2D eigenvalue weighted by atomic mass is 10.2. The number of rotatable bonds is 7. The van der Waals surface area contributed by atoms with E-state index < -0.39 is 0 Å². The standard InChI is InChI=1S/C13H20N2O2/c1-3-11-4-6-12(7-5-11)17-10-13(16)15-9-8-14-2/h4-7,14H,3,8-10H2,1-2H3,(H,15,16). The third-order valence-electron chi connectivity index (χ3n) is 2.40. The van der Waals surface area contributed by atoms with Gasteiger partial charge < -0.3 is 15.4 Å². The molecule has 0 unspecified atom stereocenters. The first kappa shape index (κ1) is 13.5. The average molecular weight is 236 g/mol. The van der Waals surface area contributed by atoms with Crippen LogP contribution in [0.4, 0.5) is 0 Å². The number of hydrogen-bond acceptors (Lipinski definition) is 3. The number of nitrogens with one attached hydrogen (secondary N) is 2. The summed E-state index contributed by atoms with van der Waals surface area (Å²) in [5, 5.41) is 5.70. The molecule has 0 spiro atoms. The Morgan fingerprint density at radius 2 is 1.94 bits per heavy atom. The Balaban J connectivity index is 2.27. The van der Waals surface area contributed by atoms with Crippen molar-refractivity contribution < 1.29 is 9.53 Å². The second kappa shape index (κ2) is 7.68. The molecule has 1 aromatic carbocycles. The van der Waals surface area contributed by atoms with Gasteiger partial charge in [0.1, 0.15) is 5.75 Å². The zero-order valence-electron chi connectivity index (χ0n) is 10.5. The molecule has 0 fully saturated rings. The molecule has 0 atom stereocenters. The molecule has 0 radical (unpaired) electrons. The zero-order valence-corrected chi connectivity index (χ0v) is 10.5. The predicted octanol–water partition coefficient (Wildman–Crippen LogP) is 0.963. The van der Waals surface area contributed by atoms with Gasteiger partial charge in [-0.05, 0) is 31.2 Å². The van der Waals surface area contributed by atoms with E-state index in [1.807, 2.05) is 31.3 Å². The van der Waals surface area contributed by atoms with E-state index in [4.69, 9.17) is 4.74 Å². The van der Waals surface area contributed by atoms with Gasteiger partial charge in [-0.1, -0.05) is 19.1 Å². The van der Waals surface area contributed by atoms with Crippen LogP contribution in [0.1, 0.15) is 12.5 Å². The second-order valence-corrected chi connectivity index (χ2v) is 3.74. The molecule has 1 aromatic rings. The van der Waals surface area contributed by atoms with E-state index in [0.29, 0.717) is 6.54 Å². The average Bonchev–Trinajstić information content (AvgIpc) is 2.37. The van der Waals surface area contributed by atoms with Crippen LogP contribution in [0.2, 0.25) is 0 Å². The van der Waals surface area contributed by atoms with Crippen LogP contribution in [0, 0.1) is 0 Å². The fourth-order valence-corrected chi connectivity index (χ4v) is 1.35. The highest BCUT2D eigenvalue weighted by Gasteiger charge is 2.01. The van der Waals surface area contributed by atoms with E-state index in [1.165, 1.54) is 5.56 Å². The smallest absolute Gasteiger partial charge is 0.257 e. The highest BCUT2D eigenvalue weighted by Crippen LogP contribution is 2.12. The Labute approximate surface area is 102 Å². The second-order valence-electron chi connectivity index (χ2n) is 3.74. The van der Waals surface area contributed by atoms with Crippen LogP contribution in [0.15, 0.2) is 24.3 Å². The molecule has 2 N–H and O–H groups in total. The van der Waals surface area contributed by atoms with Crippen molar-refractivity contribution in [1.29, 1.82) is 0 Å². The third-order valence-corrected chi connectivity index (χ3v) is 2.40. The summed E-state index contributed by atoms with van der Waals surface area (Å²) >= 11 is 0. The molecular formula is C13H20N2O2. The van der Waals surface area contributed by atoms with E-state index in [2.05, 4.69) is 17.6 Å². The van der Waals surface area contributed by atoms with Gasteiger partial charge in [-0.25, -0.2) is 0 Å². The number of carbonyl (C=O) groups excluding carboxylic acids is 1. The molecule has 1 amide bonds. The lowest BCUT2D eigenvalue weighted by Crippen LogP contribution is -2.33. The number of likely N-dealkylation sites (N-methyl/N-ethyl adjacent to an activating group) is 1. The van der Waals surface area contributed by atoms with Crippen LogP contribution >= 0.6 is 0 Å². The molecule has 0 saturated carbocycles. The first-order valence-corrected chi connectivity index (χ1v) is 5.89. The largest absolute Gasteiger partial charge is 0.484 e. The Kier molecular flexibility index (Phi) is 6.10. The van der Waals surface area contributed by atoms with Crippen molar-refractivity contribution in [2.45, 2.75) is 13.3 Å². The summed E-state index contributed by atoms with van der Waals surface area (Å²) in [6.45, 7) is 3.55. The van der Waals surface area contributed by atoms with Gasteiger partial charge in [0.2, 0.25) is 0 Å². The quantitative estimate of drug-likeness (QED) is 0.693. The van der Waals surface area contributed by atoms with Crippen molar-refractivity contribution in [2.75, 3.05) is 26.7 Å². The number of hydrogen-bond donors (Lipinski definition) is 2. The summed E-state index contributed by atoms with van der Waals surface area (Å²) in [7, 11) is 1.85. The molecule has 1 rings (SSSR count). The van der Waals surface area contributed by atoms with Crippen LogP contribution < -0.4 is 15.4 Å². The molecule has 0 saturated heterocycles. The molecular weight excluding hydrogens is 216 g/mol. The maximum atomic E-state index is 11.4. The van der Waals surface area contributed by atoms with Crippen molar-refractivity contribution in [1.82, 2.24) is 10.6 Å². The summed E-state index contributed by atoms with van der Waals surface area (Å²) < 4.78 is 5.37.